The number of hydrazine groups is 1. The van der Waals surface area contributed by atoms with Gasteiger partial charge < -0.3 is 5.43 Å². The van der Waals surface area contributed by atoms with Crippen molar-refractivity contribution in [2.45, 2.75) is 40.0 Å². The summed E-state index contributed by atoms with van der Waals surface area (Å²) in [6.07, 6.45) is 0. The molecule has 1 aliphatic rings. The van der Waals surface area contributed by atoms with Crippen LogP contribution in [-0.4, -0.2) is 38.2 Å². The Morgan fingerprint density at radius 3 is 2.26 bits per heavy atom. The van der Waals surface area contributed by atoms with E-state index in [2.05, 4.69) is 57.3 Å². The number of H-pyrrole nitrogens is 1. The van der Waals surface area contributed by atoms with Gasteiger partial charge in [-0.1, -0.05) is 45.0 Å². The third-order valence-corrected chi connectivity index (χ3v) is 5.50. The average Bonchev–Trinajstić information content (AvgIpc) is 3.45. The van der Waals surface area contributed by atoms with Gasteiger partial charge in [-0.05, 0) is 59.5 Å². The van der Waals surface area contributed by atoms with Gasteiger partial charge in [0.2, 0.25) is 0 Å². The Hall–Kier alpha value is -4.34. The molecular weight excluding hydrogens is 432 g/mol. The molecule has 1 aliphatic heterocycles. The van der Waals surface area contributed by atoms with Gasteiger partial charge in [-0.15, -0.1) is 5.10 Å². The fourth-order valence-corrected chi connectivity index (χ4v) is 3.56. The highest BCUT2D eigenvalue weighted by atomic mass is 16.2. The molecule has 0 radical (unpaired) electrons. The van der Waals surface area contributed by atoms with E-state index in [9.17, 15) is 9.59 Å². The minimum atomic E-state index is -0.350. The van der Waals surface area contributed by atoms with Crippen LogP contribution in [0, 0.1) is 0 Å². The number of hydrogen-bond donors (Lipinski definition) is 3. The number of aromatic nitrogens is 4. The number of hydrogen-bond acceptors (Lipinski definition) is 7. The van der Waals surface area contributed by atoms with Crippen molar-refractivity contribution in [1.29, 1.82) is 0 Å². The Balaban J connectivity index is 1.44. The number of nitrogens with one attached hydrogen (secondary N) is 3. The molecule has 0 saturated heterocycles. The summed E-state index contributed by atoms with van der Waals surface area (Å²) in [7, 11) is 0. The number of hydrazone groups is 1. The number of amides is 2. The molecule has 2 aromatic carbocycles. The SMILES string of the molecule is CC1=NN(c2ccc(C(C)(C)C)cc2)C(=O)C1=C(C)NNC(=O)c1ccc(-c2nnn[nH]2)cc1. The van der Waals surface area contributed by atoms with E-state index in [1.54, 1.807) is 38.1 Å². The third kappa shape index (κ3) is 4.56. The molecule has 34 heavy (non-hydrogen) atoms. The van der Waals surface area contributed by atoms with Gasteiger partial charge in [0.15, 0.2) is 5.82 Å². The summed E-state index contributed by atoms with van der Waals surface area (Å²) in [5.74, 6) is -0.0973. The minimum absolute atomic E-state index is 0.0179. The average molecular weight is 459 g/mol. The van der Waals surface area contributed by atoms with Crippen LogP contribution in [0.1, 0.15) is 50.5 Å². The summed E-state index contributed by atoms with van der Waals surface area (Å²) in [6.45, 7) is 9.90. The van der Waals surface area contributed by atoms with E-state index < -0.39 is 0 Å². The maximum Gasteiger partial charge on any atom is 0.282 e. The van der Waals surface area contributed by atoms with Crippen LogP contribution < -0.4 is 15.9 Å². The molecule has 10 nitrogen and oxygen atoms in total. The molecule has 0 fully saturated rings. The zero-order valence-corrected chi connectivity index (χ0v) is 19.7. The van der Waals surface area contributed by atoms with Crippen LogP contribution in [0.4, 0.5) is 5.69 Å². The first-order valence-corrected chi connectivity index (χ1v) is 10.8. The van der Waals surface area contributed by atoms with Gasteiger partial charge in [0.25, 0.3) is 11.8 Å². The summed E-state index contributed by atoms with van der Waals surface area (Å²) in [6, 6.07) is 14.6. The lowest BCUT2D eigenvalue weighted by Crippen LogP contribution is -2.37. The fraction of sp³-hybridized carbons (Fsp3) is 0.250. The lowest BCUT2D eigenvalue weighted by Gasteiger charge is -2.20. The predicted molar refractivity (Wildman–Crippen MR) is 129 cm³/mol. The van der Waals surface area contributed by atoms with Crippen LogP contribution in [0.25, 0.3) is 11.4 Å². The van der Waals surface area contributed by atoms with Gasteiger partial charge in [0, 0.05) is 16.8 Å². The van der Waals surface area contributed by atoms with Gasteiger partial charge in [-0.3, -0.25) is 15.0 Å². The topological polar surface area (TPSA) is 128 Å². The van der Waals surface area contributed by atoms with E-state index >= 15 is 0 Å². The number of carbonyl (C=O) groups excluding carboxylic acids is 2. The van der Waals surface area contributed by atoms with Crippen LogP contribution in [0.2, 0.25) is 0 Å². The largest absolute Gasteiger partial charge is 0.302 e. The molecule has 0 bridgehead atoms. The molecule has 3 aromatic rings. The van der Waals surface area contributed by atoms with E-state index in [0.717, 1.165) is 5.56 Å². The molecule has 10 heteroatoms. The van der Waals surface area contributed by atoms with Crippen molar-refractivity contribution in [3.63, 3.8) is 0 Å². The Bertz CT molecular complexity index is 1270. The van der Waals surface area contributed by atoms with Crippen LogP contribution in [-0.2, 0) is 10.2 Å². The number of benzene rings is 2. The summed E-state index contributed by atoms with van der Waals surface area (Å²) in [5, 5.41) is 19.4. The van der Waals surface area contributed by atoms with Crippen molar-refractivity contribution in [3.8, 4) is 11.4 Å². The van der Waals surface area contributed by atoms with Gasteiger partial charge in [-0.25, -0.2) is 5.10 Å². The maximum atomic E-state index is 13.1. The Morgan fingerprint density at radius 2 is 1.68 bits per heavy atom. The van der Waals surface area contributed by atoms with E-state index in [-0.39, 0.29) is 17.2 Å². The van der Waals surface area contributed by atoms with Crippen molar-refractivity contribution >= 4 is 23.2 Å². The second kappa shape index (κ2) is 8.89. The molecule has 3 N–H and O–H groups in total. The first-order valence-electron chi connectivity index (χ1n) is 10.8. The van der Waals surface area contributed by atoms with Crippen molar-refractivity contribution in [1.82, 2.24) is 31.5 Å². The Labute approximate surface area is 197 Å². The van der Waals surface area contributed by atoms with Crippen LogP contribution in [0.5, 0.6) is 0 Å². The number of aromatic amines is 1. The highest BCUT2D eigenvalue weighted by Gasteiger charge is 2.31. The number of nitrogens with zero attached hydrogens (tertiary/aromatic N) is 5. The second-order valence-electron chi connectivity index (χ2n) is 9.01. The van der Waals surface area contributed by atoms with Crippen LogP contribution in [0.3, 0.4) is 0 Å². The number of carbonyl (C=O) groups is 2. The fourth-order valence-electron chi connectivity index (χ4n) is 3.56. The van der Waals surface area contributed by atoms with Crippen LogP contribution >= 0.6 is 0 Å². The maximum absolute atomic E-state index is 13.1. The predicted octanol–water partition coefficient (Wildman–Crippen LogP) is 3.10. The van der Waals surface area contributed by atoms with E-state index in [4.69, 9.17) is 0 Å². The lowest BCUT2D eigenvalue weighted by atomic mass is 9.87. The monoisotopic (exact) mass is 458 g/mol. The number of tetrazole rings is 1. The number of allylic oxidation sites excluding steroid dienone is 1. The van der Waals surface area contributed by atoms with Gasteiger partial charge in [0.1, 0.15) is 0 Å². The molecule has 2 heterocycles. The highest BCUT2D eigenvalue weighted by molar-refractivity contribution is 6.30. The second-order valence-corrected chi connectivity index (χ2v) is 9.01. The summed E-state index contributed by atoms with van der Waals surface area (Å²) < 4.78 is 0. The molecule has 0 unspecified atom stereocenters. The van der Waals surface area contributed by atoms with E-state index in [0.29, 0.717) is 34.1 Å². The van der Waals surface area contributed by atoms with Gasteiger partial charge in [-0.2, -0.15) is 10.1 Å². The van der Waals surface area contributed by atoms with E-state index in [1.165, 1.54) is 10.6 Å². The quantitative estimate of drug-likeness (QED) is 0.398. The summed E-state index contributed by atoms with van der Waals surface area (Å²) in [4.78, 5) is 25.6. The smallest absolute Gasteiger partial charge is 0.282 e. The first-order chi connectivity index (χ1) is 16.1. The molecule has 0 saturated carbocycles. The zero-order valence-electron chi connectivity index (χ0n) is 19.7. The molecule has 174 valence electrons. The number of rotatable bonds is 5. The third-order valence-electron chi connectivity index (χ3n) is 5.50. The Kier molecular flexibility index (Phi) is 5.97. The van der Waals surface area contributed by atoms with Crippen molar-refractivity contribution in [3.05, 3.63) is 70.9 Å². The first kappa shape index (κ1) is 22.8. The standard InChI is InChI=1S/C24H26N8O2/c1-14(25-28-22(33)17-8-6-16(7-9-17)21-26-30-31-27-21)20-15(2)29-32(23(20)34)19-12-10-18(11-13-19)24(3,4)5/h6-13,25H,1-5H3,(H,28,33)(H,26,27,30,31). The van der Waals surface area contributed by atoms with Gasteiger partial charge in [0.05, 0.1) is 17.0 Å². The summed E-state index contributed by atoms with van der Waals surface area (Å²) in [5.41, 5.74) is 10.0. The summed E-state index contributed by atoms with van der Waals surface area (Å²) >= 11 is 0. The lowest BCUT2D eigenvalue weighted by molar-refractivity contribution is -0.114. The Morgan fingerprint density at radius 1 is 1.00 bits per heavy atom. The molecule has 0 spiro atoms. The molecule has 1 aromatic heterocycles. The zero-order chi connectivity index (χ0) is 24.5. The molecule has 0 aliphatic carbocycles. The van der Waals surface area contributed by atoms with Crippen molar-refractivity contribution < 1.29 is 9.59 Å². The molecular formula is C24H26N8O2. The minimum Gasteiger partial charge on any atom is -0.302 e. The van der Waals surface area contributed by atoms with Gasteiger partial charge >= 0.3 is 0 Å². The van der Waals surface area contributed by atoms with Crippen molar-refractivity contribution in [2.24, 2.45) is 5.10 Å². The normalized spacial score (nSPS) is 15.3. The molecule has 4 rings (SSSR count). The molecule has 0 atom stereocenters. The van der Waals surface area contributed by atoms with E-state index in [1.807, 2.05) is 24.3 Å². The highest BCUT2D eigenvalue weighted by Crippen LogP contribution is 2.28. The number of anilines is 1. The van der Waals surface area contributed by atoms with Crippen LogP contribution in [0.15, 0.2) is 64.9 Å². The van der Waals surface area contributed by atoms with Crippen molar-refractivity contribution in [2.75, 3.05) is 5.01 Å². The molecule has 2 amide bonds.